The summed E-state index contributed by atoms with van der Waals surface area (Å²) in [5, 5.41) is 0.560. The van der Waals surface area contributed by atoms with E-state index in [1.165, 1.54) is 0 Å². The van der Waals surface area contributed by atoms with Gasteiger partial charge < -0.3 is 9.64 Å². The van der Waals surface area contributed by atoms with Gasteiger partial charge in [0.1, 0.15) is 5.75 Å². The summed E-state index contributed by atoms with van der Waals surface area (Å²) in [6, 6.07) is 7.16. The molecule has 1 amide bonds. The van der Waals surface area contributed by atoms with Crippen LogP contribution in [0.25, 0.3) is 0 Å². The van der Waals surface area contributed by atoms with E-state index < -0.39 is 10.0 Å². The third-order valence-corrected chi connectivity index (χ3v) is 4.93. The van der Waals surface area contributed by atoms with Crippen molar-refractivity contribution in [3.8, 4) is 5.75 Å². The first-order chi connectivity index (χ1) is 11.3. The van der Waals surface area contributed by atoms with Gasteiger partial charge in [-0.3, -0.25) is 4.79 Å². The first kappa shape index (κ1) is 19.0. The number of nitrogens with one attached hydrogen (secondary N) is 1. The average Bonchev–Trinajstić information content (AvgIpc) is 2.52. The van der Waals surface area contributed by atoms with E-state index in [2.05, 4.69) is 4.72 Å². The molecule has 0 unspecified atom stereocenters. The molecular formula is C16H23ClN2O4S. The number of ether oxygens (including phenoxy) is 1. The third kappa shape index (κ3) is 6.30. The van der Waals surface area contributed by atoms with Crippen molar-refractivity contribution in [3.63, 3.8) is 0 Å². The van der Waals surface area contributed by atoms with Gasteiger partial charge in [-0.15, -0.1) is 0 Å². The standard InChI is InChI=1S/C16H23ClN2O4S/c1-24(21,22)18-13-8-10-19(11-9-13)16(20)7-4-12-23-15-6-3-2-5-14(15)17/h2-3,5-6,13,18H,4,7-12H2,1H3. The van der Waals surface area contributed by atoms with Gasteiger partial charge in [-0.1, -0.05) is 23.7 Å². The zero-order valence-electron chi connectivity index (χ0n) is 13.7. The highest BCUT2D eigenvalue weighted by molar-refractivity contribution is 7.88. The molecule has 6 nitrogen and oxygen atoms in total. The maximum Gasteiger partial charge on any atom is 0.222 e. The quantitative estimate of drug-likeness (QED) is 0.741. The number of hydrogen-bond donors (Lipinski definition) is 1. The van der Waals surface area contributed by atoms with E-state index in [0.29, 0.717) is 56.2 Å². The Morgan fingerprint density at radius 1 is 1.33 bits per heavy atom. The summed E-state index contributed by atoms with van der Waals surface area (Å²) in [5.74, 6) is 0.704. The lowest BCUT2D eigenvalue weighted by atomic mass is 10.1. The smallest absolute Gasteiger partial charge is 0.222 e. The van der Waals surface area contributed by atoms with Gasteiger partial charge >= 0.3 is 0 Å². The van der Waals surface area contributed by atoms with Crippen molar-refractivity contribution >= 4 is 27.5 Å². The van der Waals surface area contributed by atoms with E-state index in [1.807, 2.05) is 12.1 Å². The Balaban J connectivity index is 1.66. The number of nitrogens with zero attached hydrogens (tertiary/aromatic N) is 1. The minimum atomic E-state index is -3.19. The fourth-order valence-electron chi connectivity index (χ4n) is 2.67. The molecule has 1 N–H and O–H groups in total. The van der Waals surface area contributed by atoms with Gasteiger partial charge in [-0.2, -0.15) is 0 Å². The second kappa shape index (κ2) is 8.69. The number of likely N-dealkylation sites (tertiary alicyclic amines) is 1. The van der Waals surface area contributed by atoms with Crippen molar-refractivity contribution in [2.75, 3.05) is 26.0 Å². The number of amides is 1. The number of piperidine rings is 1. The Morgan fingerprint density at radius 3 is 2.62 bits per heavy atom. The number of carbonyl (C=O) groups is 1. The Morgan fingerprint density at radius 2 is 2.00 bits per heavy atom. The van der Waals surface area contributed by atoms with Crippen molar-refractivity contribution in [1.29, 1.82) is 0 Å². The fraction of sp³-hybridized carbons (Fsp3) is 0.562. The highest BCUT2D eigenvalue weighted by Crippen LogP contribution is 2.23. The van der Waals surface area contributed by atoms with Crippen molar-refractivity contribution in [1.82, 2.24) is 9.62 Å². The van der Waals surface area contributed by atoms with Crippen LogP contribution in [0.15, 0.2) is 24.3 Å². The molecular weight excluding hydrogens is 352 g/mol. The van der Waals surface area contributed by atoms with Crippen LogP contribution in [0.1, 0.15) is 25.7 Å². The van der Waals surface area contributed by atoms with E-state index in [9.17, 15) is 13.2 Å². The lowest BCUT2D eigenvalue weighted by Crippen LogP contribution is -2.46. The van der Waals surface area contributed by atoms with Crippen LogP contribution in [0, 0.1) is 0 Å². The molecule has 0 aromatic heterocycles. The van der Waals surface area contributed by atoms with Crippen LogP contribution >= 0.6 is 11.6 Å². The van der Waals surface area contributed by atoms with Crippen molar-refractivity contribution in [3.05, 3.63) is 29.3 Å². The number of rotatable bonds is 7. The molecule has 1 aliphatic rings. The van der Waals surface area contributed by atoms with E-state index in [-0.39, 0.29) is 11.9 Å². The van der Waals surface area contributed by atoms with Crippen molar-refractivity contribution < 1.29 is 17.9 Å². The molecule has 1 aromatic carbocycles. The third-order valence-electron chi connectivity index (χ3n) is 3.86. The average molecular weight is 375 g/mol. The number of para-hydroxylation sites is 1. The second-order valence-electron chi connectivity index (χ2n) is 5.93. The Labute approximate surface area is 148 Å². The lowest BCUT2D eigenvalue weighted by molar-refractivity contribution is -0.132. The number of benzene rings is 1. The number of halogens is 1. The molecule has 2 rings (SSSR count). The summed E-state index contributed by atoms with van der Waals surface area (Å²) >= 11 is 6.00. The summed E-state index contributed by atoms with van der Waals surface area (Å²) in [5.41, 5.74) is 0. The van der Waals surface area contributed by atoms with Gasteiger partial charge in [-0.05, 0) is 31.4 Å². The van der Waals surface area contributed by atoms with Crippen LogP contribution in [0.3, 0.4) is 0 Å². The largest absolute Gasteiger partial charge is 0.492 e. The number of carbonyl (C=O) groups excluding carboxylic acids is 1. The maximum atomic E-state index is 12.2. The molecule has 1 aromatic rings. The van der Waals surface area contributed by atoms with Gasteiger partial charge in [0.15, 0.2) is 0 Å². The van der Waals surface area contributed by atoms with Crippen LogP contribution < -0.4 is 9.46 Å². The molecule has 134 valence electrons. The number of sulfonamides is 1. The van der Waals surface area contributed by atoms with Crippen LogP contribution in [0.2, 0.25) is 5.02 Å². The summed E-state index contributed by atoms with van der Waals surface area (Å²) in [7, 11) is -3.19. The molecule has 0 bridgehead atoms. The molecule has 1 heterocycles. The highest BCUT2D eigenvalue weighted by Gasteiger charge is 2.24. The highest BCUT2D eigenvalue weighted by atomic mass is 35.5. The van der Waals surface area contributed by atoms with E-state index in [0.717, 1.165) is 6.26 Å². The fourth-order valence-corrected chi connectivity index (χ4v) is 3.71. The topological polar surface area (TPSA) is 75.7 Å². The van der Waals surface area contributed by atoms with Crippen molar-refractivity contribution in [2.45, 2.75) is 31.7 Å². The van der Waals surface area contributed by atoms with Crippen molar-refractivity contribution in [2.24, 2.45) is 0 Å². The summed E-state index contributed by atoms with van der Waals surface area (Å²) in [4.78, 5) is 14.0. The minimum absolute atomic E-state index is 0.0763. The second-order valence-corrected chi connectivity index (χ2v) is 8.11. The van der Waals surface area contributed by atoms with Gasteiger partial charge in [-0.25, -0.2) is 13.1 Å². The molecule has 0 aliphatic carbocycles. The Hall–Kier alpha value is -1.31. The molecule has 0 spiro atoms. The molecule has 1 saturated heterocycles. The van der Waals surface area contributed by atoms with Gasteiger partial charge in [0.2, 0.25) is 15.9 Å². The van der Waals surface area contributed by atoms with E-state index in [1.54, 1.807) is 17.0 Å². The Kier molecular flexibility index (Phi) is 6.89. The maximum absolute atomic E-state index is 12.2. The zero-order valence-corrected chi connectivity index (χ0v) is 15.3. The molecule has 0 atom stereocenters. The summed E-state index contributed by atoms with van der Waals surface area (Å²) in [6.45, 7) is 1.59. The Bertz CT molecular complexity index is 658. The SMILES string of the molecule is CS(=O)(=O)NC1CCN(C(=O)CCCOc2ccccc2Cl)CC1. The van der Waals surface area contributed by atoms with Crippen LogP contribution in [-0.4, -0.2) is 51.2 Å². The van der Waals surface area contributed by atoms with E-state index in [4.69, 9.17) is 16.3 Å². The van der Waals surface area contributed by atoms with Gasteiger partial charge in [0, 0.05) is 25.6 Å². The monoisotopic (exact) mass is 374 g/mol. The normalized spacial score (nSPS) is 16.2. The van der Waals surface area contributed by atoms with Crippen LogP contribution in [-0.2, 0) is 14.8 Å². The predicted molar refractivity (Wildman–Crippen MR) is 93.8 cm³/mol. The van der Waals surface area contributed by atoms with Gasteiger partial charge in [0.25, 0.3) is 0 Å². The molecule has 0 radical (unpaired) electrons. The number of hydrogen-bond acceptors (Lipinski definition) is 4. The first-order valence-electron chi connectivity index (χ1n) is 7.97. The zero-order chi connectivity index (χ0) is 17.6. The predicted octanol–water partition coefficient (Wildman–Crippen LogP) is 2.04. The molecule has 8 heteroatoms. The minimum Gasteiger partial charge on any atom is -0.492 e. The molecule has 24 heavy (non-hydrogen) atoms. The van der Waals surface area contributed by atoms with Gasteiger partial charge in [0.05, 0.1) is 17.9 Å². The van der Waals surface area contributed by atoms with Crippen LogP contribution in [0.5, 0.6) is 5.75 Å². The summed E-state index contributed by atoms with van der Waals surface area (Å²) in [6.07, 6.45) is 3.48. The molecule has 1 aliphatic heterocycles. The summed E-state index contributed by atoms with van der Waals surface area (Å²) < 4.78 is 30.6. The van der Waals surface area contributed by atoms with E-state index >= 15 is 0 Å². The molecule has 1 fully saturated rings. The van der Waals surface area contributed by atoms with Crippen LogP contribution in [0.4, 0.5) is 0 Å². The molecule has 0 saturated carbocycles. The lowest BCUT2D eigenvalue weighted by Gasteiger charge is -2.32. The first-order valence-corrected chi connectivity index (χ1v) is 10.2.